The van der Waals surface area contributed by atoms with E-state index in [-0.39, 0.29) is 24.5 Å². The highest BCUT2D eigenvalue weighted by Gasteiger charge is 2.30. The van der Waals surface area contributed by atoms with E-state index in [0.29, 0.717) is 41.1 Å². The summed E-state index contributed by atoms with van der Waals surface area (Å²) < 4.78 is 11.3. The minimum atomic E-state index is -1.03. The first-order chi connectivity index (χ1) is 13.5. The summed E-state index contributed by atoms with van der Waals surface area (Å²) in [4.78, 5) is 39.6. The lowest BCUT2D eigenvalue weighted by Gasteiger charge is -2.30. The zero-order valence-electron chi connectivity index (χ0n) is 15.1. The lowest BCUT2D eigenvalue weighted by Crippen LogP contribution is -2.44. The molecular formula is C20H20ClNO5S. The van der Waals surface area contributed by atoms with Gasteiger partial charge in [-0.25, -0.2) is 0 Å². The van der Waals surface area contributed by atoms with Crippen LogP contribution < -0.4 is 0 Å². The molecule has 1 saturated heterocycles. The lowest BCUT2D eigenvalue weighted by atomic mass is 10.1. The fraction of sp³-hybridized carbons (Fsp3) is 0.350. The average Bonchev–Trinajstić information content (AvgIpc) is 3.17. The van der Waals surface area contributed by atoms with Gasteiger partial charge in [0.1, 0.15) is 0 Å². The molecule has 28 heavy (non-hydrogen) atoms. The minimum absolute atomic E-state index is 0.00291. The number of thiophene rings is 1. The van der Waals surface area contributed by atoms with Crippen LogP contribution >= 0.6 is 22.9 Å². The van der Waals surface area contributed by atoms with E-state index in [1.54, 1.807) is 41.3 Å². The predicted octanol–water partition coefficient (Wildman–Crippen LogP) is 3.51. The quantitative estimate of drug-likeness (QED) is 0.505. The van der Waals surface area contributed by atoms with Crippen molar-refractivity contribution in [1.82, 2.24) is 4.90 Å². The molecule has 6 nitrogen and oxygen atoms in total. The summed E-state index contributed by atoms with van der Waals surface area (Å²) >= 11 is 7.01. The third-order valence-corrected chi connectivity index (χ3v) is 5.58. The SMILES string of the molecule is O=C(CCC(=O)c1ccc(Cl)s1)O[C@H](C(=O)N1CCOCC1)c1ccccc1. The van der Waals surface area contributed by atoms with Crippen molar-refractivity contribution < 1.29 is 23.9 Å². The molecule has 0 radical (unpaired) electrons. The van der Waals surface area contributed by atoms with Gasteiger partial charge in [-0.2, -0.15) is 0 Å². The molecular weight excluding hydrogens is 402 g/mol. The molecule has 1 aromatic carbocycles. The van der Waals surface area contributed by atoms with E-state index in [2.05, 4.69) is 0 Å². The van der Waals surface area contributed by atoms with Crippen LogP contribution in [0.15, 0.2) is 42.5 Å². The molecule has 0 aliphatic carbocycles. The molecule has 3 rings (SSSR count). The van der Waals surface area contributed by atoms with Gasteiger partial charge in [-0.05, 0) is 12.1 Å². The maximum absolute atomic E-state index is 12.9. The Balaban J connectivity index is 1.64. The van der Waals surface area contributed by atoms with Crippen molar-refractivity contribution in [2.24, 2.45) is 0 Å². The van der Waals surface area contributed by atoms with Crippen molar-refractivity contribution in [1.29, 1.82) is 0 Å². The number of hydrogen-bond acceptors (Lipinski definition) is 6. The normalized spacial score (nSPS) is 15.1. The number of benzene rings is 1. The Hall–Kier alpha value is -2.22. The van der Waals surface area contributed by atoms with Gasteiger partial charge in [0, 0.05) is 25.1 Å². The Labute approximate surface area is 172 Å². The lowest BCUT2D eigenvalue weighted by molar-refractivity contribution is -0.162. The van der Waals surface area contributed by atoms with Crippen LogP contribution in [-0.4, -0.2) is 48.9 Å². The van der Waals surface area contributed by atoms with Gasteiger partial charge in [0.25, 0.3) is 5.91 Å². The highest BCUT2D eigenvalue weighted by atomic mass is 35.5. The van der Waals surface area contributed by atoms with Crippen LogP contribution in [0.3, 0.4) is 0 Å². The number of carbonyl (C=O) groups is 3. The van der Waals surface area contributed by atoms with Crippen LogP contribution in [0, 0.1) is 0 Å². The van der Waals surface area contributed by atoms with E-state index in [4.69, 9.17) is 21.1 Å². The molecule has 2 heterocycles. The third-order valence-electron chi connectivity index (χ3n) is 4.30. The number of morpholine rings is 1. The van der Waals surface area contributed by atoms with Gasteiger partial charge < -0.3 is 14.4 Å². The van der Waals surface area contributed by atoms with E-state index in [9.17, 15) is 14.4 Å². The number of ketones is 1. The second-order valence-corrected chi connectivity index (χ2v) is 7.96. The maximum atomic E-state index is 12.9. The van der Waals surface area contributed by atoms with Gasteiger partial charge >= 0.3 is 5.97 Å². The smallest absolute Gasteiger partial charge is 0.307 e. The van der Waals surface area contributed by atoms with Crippen LogP contribution in [0.5, 0.6) is 0 Å². The molecule has 1 amide bonds. The first-order valence-corrected chi connectivity index (χ1v) is 10.1. The second-order valence-electron chi connectivity index (χ2n) is 6.25. The number of halogens is 1. The molecule has 1 atom stereocenters. The maximum Gasteiger partial charge on any atom is 0.307 e. The molecule has 1 aromatic heterocycles. The van der Waals surface area contributed by atoms with Crippen molar-refractivity contribution >= 4 is 40.6 Å². The predicted molar refractivity (Wildman–Crippen MR) is 106 cm³/mol. The summed E-state index contributed by atoms with van der Waals surface area (Å²) in [7, 11) is 0. The van der Waals surface area contributed by atoms with E-state index >= 15 is 0 Å². The van der Waals surface area contributed by atoms with Crippen molar-refractivity contribution in [2.45, 2.75) is 18.9 Å². The van der Waals surface area contributed by atoms with Crippen LogP contribution in [0.1, 0.15) is 34.2 Å². The molecule has 0 N–H and O–H groups in total. The van der Waals surface area contributed by atoms with Gasteiger partial charge in [0.2, 0.25) is 6.10 Å². The number of hydrogen-bond donors (Lipinski definition) is 0. The molecule has 8 heteroatoms. The number of carbonyl (C=O) groups excluding carboxylic acids is 3. The number of amides is 1. The van der Waals surface area contributed by atoms with Crippen molar-refractivity contribution in [2.75, 3.05) is 26.3 Å². The standard InChI is InChI=1S/C20H20ClNO5S/c21-17-8-7-16(28-17)15(23)6-9-18(24)27-19(14-4-2-1-3-5-14)20(25)22-10-12-26-13-11-22/h1-5,7-8,19H,6,9-13H2/t19-/m0/s1. The van der Waals surface area contributed by atoms with Gasteiger partial charge in [0.15, 0.2) is 5.78 Å². The number of Topliss-reactive ketones (excluding diaryl/α,β-unsaturated/α-hetero) is 1. The van der Waals surface area contributed by atoms with Crippen LogP contribution in [-0.2, 0) is 19.1 Å². The van der Waals surface area contributed by atoms with Gasteiger partial charge in [0.05, 0.1) is 28.8 Å². The molecule has 2 aromatic rings. The highest BCUT2D eigenvalue weighted by Crippen LogP contribution is 2.24. The second kappa shape index (κ2) is 9.82. The summed E-state index contributed by atoms with van der Waals surface area (Å²) in [6.07, 6.45) is -1.13. The van der Waals surface area contributed by atoms with E-state index < -0.39 is 12.1 Å². The highest BCUT2D eigenvalue weighted by molar-refractivity contribution is 7.18. The topological polar surface area (TPSA) is 72.9 Å². The fourth-order valence-corrected chi connectivity index (χ4v) is 3.84. The Morgan fingerprint density at radius 2 is 1.79 bits per heavy atom. The number of esters is 1. The summed E-state index contributed by atoms with van der Waals surface area (Å²) in [5.74, 6) is -1.05. The van der Waals surface area contributed by atoms with E-state index in [1.165, 1.54) is 11.3 Å². The number of ether oxygens (including phenoxy) is 2. The first-order valence-electron chi connectivity index (χ1n) is 8.94. The number of nitrogens with zero attached hydrogens (tertiary/aromatic N) is 1. The van der Waals surface area contributed by atoms with Gasteiger partial charge in [-0.15, -0.1) is 11.3 Å². The molecule has 0 bridgehead atoms. The summed E-state index contributed by atoms with van der Waals surface area (Å²) in [6.45, 7) is 1.83. The molecule has 1 fully saturated rings. The van der Waals surface area contributed by atoms with E-state index in [1.807, 2.05) is 6.07 Å². The molecule has 0 unspecified atom stereocenters. The Morgan fingerprint density at radius 3 is 2.43 bits per heavy atom. The molecule has 0 spiro atoms. The zero-order chi connectivity index (χ0) is 19.9. The largest absolute Gasteiger partial charge is 0.447 e. The Kier molecular flexibility index (Phi) is 7.19. The number of rotatable bonds is 7. The van der Waals surface area contributed by atoms with Crippen molar-refractivity contribution in [3.63, 3.8) is 0 Å². The van der Waals surface area contributed by atoms with Crippen LogP contribution in [0.25, 0.3) is 0 Å². The minimum Gasteiger partial charge on any atom is -0.447 e. The summed E-state index contributed by atoms with van der Waals surface area (Å²) in [5, 5.41) is 0. The van der Waals surface area contributed by atoms with Crippen molar-refractivity contribution in [3.05, 3.63) is 57.2 Å². The third kappa shape index (κ3) is 5.41. The molecule has 148 valence electrons. The van der Waals surface area contributed by atoms with Gasteiger partial charge in [-0.3, -0.25) is 14.4 Å². The van der Waals surface area contributed by atoms with Gasteiger partial charge in [-0.1, -0.05) is 41.9 Å². The average molecular weight is 422 g/mol. The molecule has 1 aliphatic heterocycles. The monoisotopic (exact) mass is 421 g/mol. The molecule has 0 saturated carbocycles. The Morgan fingerprint density at radius 1 is 1.07 bits per heavy atom. The Bertz CT molecular complexity index is 832. The van der Waals surface area contributed by atoms with Crippen LogP contribution in [0.4, 0.5) is 0 Å². The first kappa shape index (κ1) is 20.5. The summed E-state index contributed by atoms with van der Waals surface area (Å²) in [6, 6.07) is 12.2. The molecule has 1 aliphatic rings. The fourth-order valence-electron chi connectivity index (χ4n) is 2.83. The summed E-state index contributed by atoms with van der Waals surface area (Å²) in [5.41, 5.74) is 0.601. The van der Waals surface area contributed by atoms with Crippen molar-refractivity contribution in [3.8, 4) is 0 Å². The van der Waals surface area contributed by atoms with Crippen LogP contribution in [0.2, 0.25) is 4.34 Å². The van der Waals surface area contributed by atoms with E-state index in [0.717, 1.165) is 0 Å². The zero-order valence-corrected chi connectivity index (χ0v) is 16.7.